The molecule has 4 heteroatoms. The summed E-state index contributed by atoms with van der Waals surface area (Å²) in [6, 6.07) is 10.8. The zero-order chi connectivity index (χ0) is 13.0. The molecular formula is C14H15N2O2+. The number of aromatic hydroxyl groups is 1. The van der Waals surface area contributed by atoms with Crippen molar-refractivity contribution in [3.8, 4) is 5.75 Å². The molecule has 1 aromatic carbocycles. The summed E-state index contributed by atoms with van der Waals surface area (Å²) in [4.78, 5) is 11.8. The third-order valence-electron chi connectivity index (χ3n) is 2.53. The lowest BCUT2D eigenvalue weighted by molar-refractivity contribution is -0.684. The molecule has 1 heterocycles. The number of benzene rings is 1. The lowest BCUT2D eigenvalue weighted by atomic mass is 10.2. The molecule has 2 rings (SSSR count). The van der Waals surface area contributed by atoms with Gasteiger partial charge in [0.2, 0.25) is 6.54 Å². The topological polar surface area (TPSA) is 53.2 Å². The molecule has 0 saturated heterocycles. The molecule has 92 valence electrons. The number of hydrogen-bond donors (Lipinski definition) is 2. The van der Waals surface area contributed by atoms with Crippen molar-refractivity contribution in [1.29, 1.82) is 0 Å². The van der Waals surface area contributed by atoms with Crippen LogP contribution >= 0.6 is 0 Å². The fourth-order valence-corrected chi connectivity index (χ4v) is 1.64. The smallest absolute Gasteiger partial charge is 0.290 e. The number of aryl methyl sites for hydroxylation is 1. The van der Waals surface area contributed by atoms with Crippen molar-refractivity contribution < 1.29 is 14.5 Å². The highest BCUT2D eigenvalue weighted by Gasteiger charge is 2.10. The number of hydrogen-bond acceptors (Lipinski definition) is 2. The number of rotatable bonds is 3. The van der Waals surface area contributed by atoms with Crippen molar-refractivity contribution in [2.75, 3.05) is 5.32 Å². The maximum absolute atomic E-state index is 11.8. The van der Waals surface area contributed by atoms with Crippen molar-refractivity contribution in [3.05, 3.63) is 54.4 Å². The van der Waals surface area contributed by atoms with Crippen LogP contribution in [0.25, 0.3) is 0 Å². The minimum absolute atomic E-state index is 0.0846. The van der Waals surface area contributed by atoms with Crippen LogP contribution in [0, 0.1) is 6.92 Å². The highest BCUT2D eigenvalue weighted by atomic mass is 16.3. The number of phenolic OH excluding ortho intramolecular Hbond substituents is 1. The Bertz CT molecular complexity index is 553. The van der Waals surface area contributed by atoms with Crippen LogP contribution in [-0.2, 0) is 11.3 Å². The first-order valence-electron chi connectivity index (χ1n) is 5.69. The van der Waals surface area contributed by atoms with Crippen LogP contribution in [0.4, 0.5) is 5.69 Å². The van der Waals surface area contributed by atoms with E-state index in [1.807, 2.05) is 43.6 Å². The first-order chi connectivity index (χ1) is 8.65. The lowest BCUT2D eigenvalue weighted by Gasteiger charge is -2.06. The lowest BCUT2D eigenvalue weighted by Crippen LogP contribution is -2.39. The van der Waals surface area contributed by atoms with Gasteiger partial charge in [0.25, 0.3) is 5.91 Å². The van der Waals surface area contributed by atoms with Crippen molar-refractivity contribution in [1.82, 2.24) is 0 Å². The molecule has 0 radical (unpaired) electrons. The van der Waals surface area contributed by atoms with E-state index in [4.69, 9.17) is 0 Å². The number of phenols is 1. The van der Waals surface area contributed by atoms with E-state index < -0.39 is 0 Å². The molecule has 2 aromatic rings. The molecule has 0 aliphatic rings. The Morgan fingerprint density at radius 2 is 2.00 bits per heavy atom. The number of aromatic nitrogens is 1. The van der Waals surface area contributed by atoms with Crippen molar-refractivity contribution in [2.45, 2.75) is 13.5 Å². The molecule has 0 saturated carbocycles. The van der Waals surface area contributed by atoms with E-state index in [0.29, 0.717) is 5.69 Å². The predicted octanol–water partition coefficient (Wildman–Crippen LogP) is 1.63. The molecule has 1 amide bonds. The molecule has 0 bridgehead atoms. The monoisotopic (exact) mass is 243 g/mol. The van der Waals surface area contributed by atoms with E-state index in [1.54, 1.807) is 16.7 Å². The first kappa shape index (κ1) is 12.1. The fourth-order valence-electron chi connectivity index (χ4n) is 1.64. The molecule has 0 aliphatic carbocycles. The Kier molecular flexibility index (Phi) is 3.57. The van der Waals surface area contributed by atoms with E-state index in [0.717, 1.165) is 5.56 Å². The zero-order valence-electron chi connectivity index (χ0n) is 10.1. The van der Waals surface area contributed by atoms with E-state index in [1.165, 1.54) is 0 Å². The molecule has 1 aromatic heterocycles. The molecular weight excluding hydrogens is 228 g/mol. The highest BCUT2D eigenvalue weighted by molar-refractivity contribution is 5.91. The van der Waals surface area contributed by atoms with Gasteiger partial charge in [-0.15, -0.1) is 0 Å². The van der Waals surface area contributed by atoms with Gasteiger partial charge in [-0.2, -0.15) is 4.57 Å². The second-order valence-corrected chi connectivity index (χ2v) is 4.12. The van der Waals surface area contributed by atoms with Crippen LogP contribution in [0.1, 0.15) is 5.56 Å². The largest absolute Gasteiger partial charge is 0.506 e. The average molecular weight is 243 g/mol. The normalized spacial score (nSPS) is 10.1. The van der Waals surface area contributed by atoms with Gasteiger partial charge < -0.3 is 10.4 Å². The Morgan fingerprint density at radius 3 is 2.67 bits per heavy atom. The minimum atomic E-state index is -0.176. The summed E-state index contributed by atoms with van der Waals surface area (Å²) in [5.41, 5.74) is 1.38. The molecule has 0 aliphatic heterocycles. The van der Waals surface area contributed by atoms with E-state index in [-0.39, 0.29) is 18.2 Å². The summed E-state index contributed by atoms with van der Waals surface area (Å²) in [7, 11) is 0. The van der Waals surface area contributed by atoms with E-state index in [2.05, 4.69) is 5.32 Å². The summed E-state index contributed by atoms with van der Waals surface area (Å²) in [6.07, 6.45) is 3.63. The van der Waals surface area contributed by atoms with Gasteiger partial charge >= 0.3 is 0 Å². The number of nitrogens with one attached hydrogen (secondary N) is 1. The minimum Gasteiger partial charge on any atom is -0.506 e. The number of nitrogens with zero attached hydrogens (tertiary/aromatic N) is 1. The van der Waals surface area contributed by atoms with E-state index >= 15 is 0 Å². The molecule has 0 unspecified atom stereocenters. The van der Waals surface area contributed by atoms with Crippen LogP contribution in [0.15, 0.2) is 48.8 Å². The highest BCUT2D eigenvalue weighted by Crippen LogP contribution is 2.23. The van der Waals surface area contributed by atoms with Crippen LogP contribution in [0.5, 0.6) is 5.75 Å². The fraction of sp³-hybridized carbons (Fsp3) is 0.143. The summed E-state index contributed by atoms with van der Waals surface area (Å²) >= 11 is 0. The third kappa shape index (κ3) is 3.07. The molecule has 0 spiro atoms. The maximum atomic E-state index is 11.8. The van der Waals surface area contributed by atoms with Crippen LogP contribution in [0.2, 0.25) is 0 Å². The van der Waals surface area contributed by atoms with Gasteiger partial charge in [-0.3, -0.25) is 4.79 Å². The number of anilines is 1. The van der Waals surface area contributed by atoms with Crippen molar-refractivity contribution in [3.63, 3.8) is 0 Å². The summed E-state index contributed by atoms with van der Waals surface area (Å²) < 4.78 is 1.76. The summed E-state index contributed by atoms with van der Waals surface area (Å²) in [5.74, 6) is -0.0910. The predicted molar refractivity (Wildman–Crippen MR) is 68.1 cm³/mol. The Hall–Kier alpha value is -2.36. The van der Waals surface area contributed by atoms with Gasteiger partial charge in [-0.1, -0.05) is 12.1 Å². The molecule has 4 nitrogen and oxygen atoms in total. The molecule has 2 N–H and O–H groups in total. The van der Waals surface area contributed by atoms with Gasteiger partial charge in [0, 0.05) is 12.1 Å². The van der Waals surface area contributed by atoms with Crippen LogP contribution in [-0.4, -0.2) is 11.0 Å². The third-order valence-corrected chi connectivity index (χ3v) is 2.53. The second kappa shape index (κ2) is 5.31. The maximum Gasteiger partial charge on any atom is 0.290 e. The number of carbonyl (C=O) groups excluding carboxylic acids is 1. The van der Waals surface area contributed by atoms with Crippen LogP contribution < -0.4 is 9.88 Å². The quantitative estimate of drug-likeness (QED) is 0.636. The van der Waals surface area contributed by atoms with Crippen LogP contribution in [0.3, 0.4) is 0 Å². The average Bonchev–Trinajstić information content (AvgIpc) is 2.34. The first-order valence-corrected chi connectivity index (χ1v) is 5.69. The van der Waals surface area contributed by atoms with Crippen molar-refractivity contribution in [2.24, 2.45) is 0 Å². The SMILES string of the molecule is Cc1ccc(NC(=O)C[n+]2ccccc2)c(O)c1. The zero-order valence-corrected chi connectivity index (χ0v) is 10.1. The standard InChI is InChI=1S/C14H14N2O2/c1-11-5-6-12(13(17)9-11)15-14(18)10-16-7-3-2-4-8-16/h2-9H,10H2,1H3,(H-,15,17,18)/p+1. The molecule has 0 fully saturated rings. The van der Waals surface area contributed by atoms with E-state index in [9.17, 15) is 9.90 Å². The summed E-state index contributed by atoms with van der Waals surface area (Å²) in [5, 5.41) is 12.4. The second-order valence-electron chi connectivity index (χ2n) is 4.12. The molecule has 18 heavy (non-hydrogen) atoms. The number of carbonyl (C=O) groups is 1. The summed E-state index contributed by atoms with van der Waals surface area (Å²) in [6.45, 7) is 2.10. The Morgan fingerprint density at radius 1 is 1.28 bits per heavy atom. The number of pyridine rings is 1. The van der Waals surface area contributed by atoms with Crippen molar-refractivity contribution >= 4 is 11.6 Å². The number of amides is 1. The Balaban J connectivity index is 2.03. The van der Waals surface area contributed by atoms with Gasteiger partial charge in [-0.05, 0) is 24.6 Å². The van der Waals surface area contributed by atoms with Gasteiger partial charge in [-0.25, -0.2) is 0 Å². The van der Waals surface area contributed by atoms with Gasteiger partial charge in [0.15, 0.2) is 12.4 Å². The van der Waals surface area contributed by atoms with Gasteiger partial charge in [0.1, 0.15) is 5.75 Å². The van der Waals surface area contributed by atoms with Gasteiger partial charge in [0.05, 0.1) is 5.69 Å². The molecule has 0 atom stereocenters. The Labute approximate surface area is 106 Å².